The highest BCUT2D eigenvalue weighted by Gasteiger charge is 2.13. The van der Waals surface area contributed by atoms with Crippen LogP contribution in [0.1, 0.15) is 31.6 Å². The molecule has 4 nitrogen and oxygen atoms in total. The molecule has 1 heterocycles. The molecule has 0 saturated carbocycles. The molecule has 2 aromatic rings. The number of hydrogen-bond donors (Lipinski definition) is 1. The summed E-state index contributed by atoms with van der Waals surface area (Å²) in [4.78, 5) is 0. The van der Waals surface area contributed by atoms with Crippen molar-refractivity contribution in [2.24, 2.45) is 0 Å². The SMILES string of the molecule is CCCOCCOCc1oc2ccccc2c1CNCC. The Hall–Kier alpha value is -1.36. The van der Waals surface area contributed by atoms with Gasteiger partial charge in [-0.3, -0.25) is 0 Å². The zero-order chi connectivity index (χ0) is 14.9. The summed E-state index contributed by atoms with van der Waals surface area (Å²) in [7, 11) is 0. The van der Waals surface area contributed by atoms with E-state index < -0.39 is 0 Å². The van der Waals surface area contributed by atoms with Gasteiger partial charge in [0.2, 0.25) is 0 Å². The molecule has 0 spiro atoms. The largest absolute Gasteiger partial charge is 0.458 e. The number of fused-ring (bicyclic) bond motifs is 1. The Kier molecular flexibility index (Phi) is 6.73. The summed E-state index contributed by atoms with van der Waals surface area (Å²) in [5.41, 5.74) is 2.12. The van der Waals surface area contributed by atoms with Crippen molar-refractivity contribution in [3.63, 3.8) is 0 Å². The number of nitrogens with one attached hydrogen (secondary N) is 1. The van der Waals surface area contributed by atoms with Crippen molar-refractivity contribution < 1.29 is 13.9 Å². The number of rotatable bonds is 10. The molecule has 0 atom stereocenters. The lowest BCUT2D eigenvalue weighted by Crippen LogP contribution is -2.13. The van der Waals surface area contributed by atoms with Crippen LogP contribution >= 0.6 is 0 Å². The highest BCUT2D eigenvalue weighted by molar-refractivity contribution is 5.82. The van der Waals surface area contributed by atoms with E-state index in [1.165, 1.54) is 10.9 Å². The van der Waals surface area contributed by atoms with Crippen LogP contribution < -0.4 is 5.32 Å². The first-order chi connectivity index (χ1) is 10.4. The van der Waals surface area contributed by atoms with Gasteiger partial charge < -0.3 is 19.2 Å². The maximum absolute atomic E-state index is 5.92. The van der Waals surface area contributed by atoms with Gasteiger partial charge in [-0.1, -0.05) is 32.0 Å². The Morgan fingerprint density at radius 3 is 2.67 bits per heavy atom. The van der Waals surface area contributed by atoms with Crippen LogP contribution in [0, 0.1) is 0 Å². The fourth-order valence-electron chi connectivity index (χ4n) is 2.24. The van der Waals surface area contributed by atoms with Gasteiger partial charge in [-0.2, -0.15) is 0 Å². The molecule has 1 N–H and O–H groups in total. The number of furan rings is 1. The zero-order valence-corrected chi connectivity index (χ0v) is 13.0. The molecule has 0 aliphatic heterocycles. The van der Waals surface area contributed by atoms with Crippen LogP contribution in [0.2, 0.25) is 0 Å². The lowest BCUT2D eigenvalue weighted by atomic mass is 10.1. The number of para-hydroxylation sites is 1. The van der Waals surface area contributed by atoms with Gasteiger partial charge in [0.05, 0.1) is 13.2 Å². The molecule has 21 heavy (non-hydrogen) atoms. The molecule has 1 aromatic carbocycles. The van der Waals surface area contributed by atoms with E-state index in [1.807, 2.05) is 18.2 Å². The predicted octanol–water partition coefficient (Wildman–Crippen LogP) is 3.49. The van der Waals surface area contributed by atoms with Crippen molar-refractivity contribution in [3.8, 4) is 0 Å². The van der Waals surface area contributed by atoms with Gasteiger partial charge in [0, 0.05) is 24.1 Å². The third kappa shape index (κ3) is 4.56. The normalized spacial score (nSPS) is 11.3. The fourth-order valence-corrected chi connectivity index (χ4v) is 2.24. The topological polar surface area (TPSA) is 43.6 Å². The molecular weight excluding hydrogens is 266 g/mol. The quantitative estimate of drug-likeness (QED) is 0.681. The van der Waals surface area contributed by atoms with Crippen molar-refractivity contribution in [1.29, 1.82) is 0 Å². The average Bonchev–Trinajstić information content (AvgIpc) is 2.86. The van der Waals surface area contributed by atoms with E-state index in [-0.39, 0.29) is 0 Å². The van der Waals surface area contributed by atoms with Gasteiger partial charge in [0.15, 0.2) is 0 Å². The maximum Gasteiger partial charge on any atom is 0.135 e. The van der Waals surface area contributed by atoms with E-state index in [0.29, 0.717) is 19.8 Å². The molecular formula is C17H25NO3. The standard InChI is InChI=1S/C17H25NO3/c1-3-9-19-10-11-20-13-17-15(12-18-4-2)14-7-5-6-8-16(14)21-17/h5-8,18H,3-4,9-13H2,1-2H3. The number of ether oxygens (including phenoxy) is 2. The third-order valence-electron chi connectivity index (χ3n) is 3.29. The van der Waals surface area contributed by atoms with Crippen molar-refractivity contribution in [2.75, 3.05) is 26.4 Å². The molecule has 0 radical (unpaired) electrons. The van der Waals surface area contributed by atoms with E-state index in [2.05, 4.69) is 25.2 Å². The second-order valence-electron chi connectivity index (χ2n) is 4.95. The van der Waals surface area contributed by atoms with Crippen LogP contribution in [0.25, 0.3) is 11.0 Å². The van der Waals surface area contributed by atoms with Crippen LogP contribution in [0.5, 0.6) is 0 Å². The Balaban J connectivity index is 1.97. The minimum Gasteiger partial charge on any atom is -0.458 e. The molecule has 1 aromatic heterocycles. The molecule has 0 amide bonds. The van der Waals surface area contributed by atoms with Crippen molar-refractivity contribution in [2.45, 2.75) is 33.4 Å². The third-order valence-corrected chi connectivity index (χ3v) is 3.29. The zero-order valence-electron chi connectivity index (χ0n) is 13.0. The van der Waals surface area contributed by atoms with E-state index in [9.17, 15) is 0 Å². The summed E-state index contributed by atoms with van der Waals surface area (Å²) in [6.45, 7) is 8.45. The number of benzene rings is 1. The monoisotopic (exact) mass is 291 g/mol. The lowest BCUT2D eigenvalue weighted by Gasteiger charge is -2.06. The molecule has 2 rings (SSSR count). The van der Waals surface area contributed by atoms with Crippen LogP contribution in [0.3, 0.4) is 0 Å². The van der Waals surface area contributed by atoms with Crippen molar-refractivity contribution in [1.82, 2.24) is 5.32 Å². The van der Waals surface area contributed by atoms with Gasteiger partial charge in [-0.05, 0) is 19.0 Å². The molecule has 0 aliphatic rings. The second-order valence-corrected chi connectivity index (χ2v) is 4.95. The van der Waals surface area contributed by atoms with E-state index in [1.54, 1.807) is 0 Å². The minimum absolute atomic E-state index is 0.491. The van der Waals surface area contributed by atoms with Crippen LogP contribution in [-0.2, 0) is 22.6 Å². The van der Waals surface area contributed by atoms with Crippen LogP contribution in [0.4, 0.5) is 0 Å². The first-order valence-electron chi connectivity index (χ1n) is 7.72. The maximum atomic E-state index is 5.92. The lowest BCUT2D eigenvalue weighted by molar-refractivity contribution is 0.0351. The molecule has 4 heteroatoms. The second kappa shape index (κ2) is 8.82. The summed E-state index contributed by atoms with van der Waals surface area (Å²) in [5, 5.41) is 4.53. The van der Waals surface area contributed by atoms with Gasteiger partial charge in [-0.25, -0.2) is 0 Å². The summed E-state index contributed by atoms with van der Waals surface area (Å²) >= 11 is 0. The Morgan fingerprint density at radius 1 is 1.05 bits per heavy atom. The van der Waals surface area contributed by atoms with Gasteiger partial charge in [-0.15, -0.1) is 0 Å². The summed E-state index contributed by atoms with van der Waals surface area (Å²) in [5.74, 6) is 0.910. The van der Waals surface area contributed by atoms with Crippen LogP contribution in [0.15, 0.2) is 28.7 Å². The smallest absolute Gasteiger partial charge is 0.135 e. The molecule has 0 fully saturated rings. The Bertz CT molecular complexity index is 536. The first kappa shape index (κ1) is 16.0. The molecule has 0 aliphatic carbocycles. The van der Waals surface area contributed by atoms with Gasteiger partial charge in [0.1, 0.15) is 18.0 Å². The van der Waals surface area contributed by atoms with Gasteiger partial charge >= 0.3 is 0 Å². The van der Waals surface area contributed by atoms with Crippen LogP contribution in [-0.4, -0.2) is 26.4 Å². The van der Waals surface area contributed by atoms with E-state index >= 15 is 0 Å². The van der Waals surface area contributed by atoms with Crippen molar-refractivity contribution in [3.05, 3.63) is 35.6 Å². The molecule has 0 saturated heterocycles. The van der Waals surface area contributed by atoms with Gasteiger partial charge in [0.25, 0.3) is 0 Å². The predicted molar refractivity (Wildman–Crippen MR) is 84.4 cm³/mol. The summed E-state index contributed by atoms with van der Waals surface area (Å²) in [6, 6.07) is 8.13. The Morgan fingerprint density at radius 2 is 1.86 bits per heavy atom. The highest BCUT2D eigenvalue weighted by Crippen LogP contribution is 2.26. The van der Waals surface area contributed by atoms with E-state index in [0.717, 1.165) is 37.5 Å². The molecule has 0 bridgehead atoms. The average molecular weight is 291 g/mol. The molecule has 116 valence electrons. The molecule has 0 unspecified atom stereocenters. The van der Waals surface area contributed by atoms with Crippen molar-refractivity contribution >= 4 is 11.0 Å². The minimum atomic E-state index is 0.491. The highest BCUT2D eigenvalue weighted by atomic mass is 16.5. The first-order valence-corrected chi connectivity index (χ1v) is 7.72. The van der Waals surface area contributed by atoms with E-state index in [4.69, 9.17) is 13.9 Å². The summed E-state index contributed by atoms with van der Waals surface area (Å²) < 4.78 is 17.0. The Labute approximate surface area is 126 Å². The number of hydrogen-bond acceptors (Lipinski definition) is 4. The fraction of sp³-hybridized carbons (Fsp3) is 0.529. The summed E-state index contributed by atoms with van der Waals surface area (Å²) in [6.07, 6.45) is 1.04.